The number of methoxy groups -OCH3 is 3. The molecule has 0 aliphatic carbocycles. The van der Waals surface area contributed by atoms with Crippen molar-refractivity contribution in [3.05, 3.63) is 59.0 Å². The fourth-order valence-corrected chi connectivity index (χ4v) is 4.80. The number of aromatic nitrogens is 4. The Bertz CT molecular complexity index is 1470. The Morgan fingerprint density at radius 2 is 1.57 bits per heavy atom. The summed E-state index contributed by atoms with van der Waals surface area (Å²) < 4.78 is 21.9. The largest absolute Gasteiger partial charge is 0.495 e. The zero-order valence-electron chi connectivity index (χ0n) is 22.1. The molecule has 2 aromatic heterocycles. The lowest BCUT2D eigenvalue weighted by molar-refractivity contribution is 0.122. The van der Waals surface area contributed by atoms with E-state index >= 15 is 0 Å². The smallest absolute Gasteiger partial charge is 0.230 e. The molecule has 40 heavy (non-hydrogen) atoms. The van der Waals surface area contributed by atoms with Crippen LogP contribution in [0.4, 0.5) is 28.8 Å². The third-order valence-corrected chi connectivity index (χ3v) is 7.00. The summed E-state index contributed by atoms with van der Waals surface area (Å²) in [6.07, 6.45) is 3.05. The van der Waals surface area contributed by atoms with Gasteiger partial charge in [0.05, 0.1) is 51.5 Å². The average molecular weight is 584 g/mol. The summed E-state index contributed by atoms with van der Waals surface area (Å²) >= 11 is 13.1. The maximum Gasteiger partial charge on any atom is 0.230 e. The monoisotopic (exact) mass is 583 g/mol. The molecule has 0 unspecified atom stereocenters. The number of rotatable bonds is 9. The van der Waals surface area contributed by atoms with Crippen molar-refractivity contribution in [1.29, 1.82) is 0 Å². The highest BCUT2D eigenvalue weighted by atomic mass is 35.5. The molecule has 0 bridgehead atoms. The van der Waals surface area contributed by atoms with Gasteiger partial charge in [-0.3, -0.25) is 0 Å². The molecule has 0 amide bonds. The minimum Gasteiger partial charge on any atom is -0.495 e. The van der Waals surface area contributed by atoms with Crippen LogP contribution in [0.3, 0.4) is 0 Å². The number of ether oxygens (including phenoxy) is 4. The standard InChI is InChI=1S/C27H27Cl2N7O4/c1-37-19-13-16(36-9-11-40-12-10-36)6-7-18(19)33-27-32-15-31-26(35-27)17-5-4-8-30-25(17)34-24-22(28)20(38-2)14-21(39-3)23(24)29/h4-8,13-15H,9-12H2,1-3H3,(H,30,34)(H,31,32,33,35). The predicted octanol–water partition coefficient (Wildman–Crippen LogP) is 5.59. The third kappa shape index (κ3) is 5.76. The van der Waals surface area contributed by atoms with Crippen LogP contribution in [0.5, 0.6) is 17.2 Å². The second-order valence-electron chi connectivity index (χ2n) is 8.55. The van der Waals surface area contributed by atoms with Crippen LogP contribution >= 0.6 is 23.2 Å². The highest BCUT2D eigenvalue weighted by Crippen LogP contribution is 2.45. The zero-order valence-corrected chi connectivity index (χ0v) is 23.6. The molecule has 0 atom stereocenters. The Hall–Kier alpha value is -4.06. The Labute approximate surface area is 241 Å². The molecule has 11 nitrogen and oxygen atoms in total. The summed E-state index contributed by atoms with van der Waals surface area (Å²) in [7, 11) is 4.64. The van der Waals surface area contributed by atoms with E-state index in [1.54, 1.807) is 25.4 Å². The van der Waals surface area contributed by atoms with Crippen LogP contribution in [0.25, 0.3) is 11.4 Å². The molecule has 5 rings (SSSR count). The van der Waals surface area contributed by atoms with E-state index in [1.807, 2.05) is 24.3 Å². The van der Waals surface area contributed by atoms with Crippen molar-refractivity contribution in [2.75, 3.05) is 63.2 Å². The molecule has 0 spiro atoms. The first-order chi connectivity index (χ1) is 19.5. The van der Waals surface area contributed by atoms with E-state index in [0.717, 1.165) is 18.8 Å². The van der Waals surface area contributed by atoms with Gasteiger partial charge < -0.3 is 34.5 Å². The normalized spacial score (nSPS) is 13.1. The fraction of sp³-hybridized carbons (Fsp3) is 0.259. The minimum absolute atomic E-state index is 0.274. The maximum atomic E-state index is 6.57. The van der Waals surface area contributed by atoms with Crippen molar-refractivity contribution < 1.29 is 18.9 Å². The Morgan fingerprint density at radius 1 is 0.850 bits per heavy atom. The van der Waals surface area contributed by atoms with Crippen molar-refractivity contribution in [2.24, 2.45) is 0 Å². The number of nitrogens with zero attached hydrogens (tertiary/aromatic N) is 5. The molecule has 1 aliphatic heterocycles. The van der Waals surface area contributed by atoms with Gasteiger partial charge in [0, 0.05) is 37.1 Å². The number of morpholine rings is 1. The molecule has 1 saturated heterocycles. The van der Waals surface area contributed by atoms with Crippen molar-refractivity contribution in [3.8, 4) is 28.6 Å². The highest BCUT2D eigenvalue weighted by molar-refractivity contribution is 6.41. The lowest BCUT2D eigenvalue weighted by Crippen LogP contribution is -2.36. The second kappa shape index (κ2) is 12.4. The van der Waals surface area contributed by atoms with E-state index < -0.39 is 0 Å². The molecular formula is C27H27Cl2N7O4. The van der Waals surface area contributed by atoms with E-state index in [4.69, 9.17) is 42.1 Å². The van der Waals surface area contributed by atoms with Gasteiger partial charge in [0.1, 0.15) is 39.4 Å². The lowest BCUT2D eigenvalue weighted by Gasteiger charge is -2.29. The summed E-state index contributed by atoms with van der Waals surface area (Å²) in [4.78, 5) is 20.0. The first kappa shape index (κ1) is 27.5. The molecule has 0 saturated carbocycles. The minimum atomic E-state index is 0.274. The van der Waals surface area contributed by atoms with Crippen LogP contribution in [0, 0.1) is 0 Å². The Morgan fingerprint density at radius 3 is 2.27 bits per heavy atom. The number of anilines is 5. The molecule has 0 radical (unpaired) electrons. The third-order valence-electron chi connectivity index (χ3n) is 6.25. The summed E-state index contributed by atoms with van der Waals surface area (Å²) in [6, 6.07) is 11.2. The van der Waals surface area contributed by atoms with E-state index in [9.17, 15) is 0 Å². The Kier molecular flexibility index (Phi) is 8.54. The lowest BCUT2D eigenvalue weighted by atomic mass is 10.2. The zero-order chi connectivity index (χ0) is 28.1. The summed E-state index contributed by atoms with van der Waals surface area (Å²) in [5.74, 6) is 2.57. The number of nitrogens with one attached hydrogen (secondary N) is 2. The van der Waals surface area contributed by atoms with Crippen LogP contribution < -0.4 is 29.7 Å². The van der Waals surface area contributed by atoms with Crippen LogP contribution in [0.2, 0.25) is 10.0 Å². The number of benzene rings is 2. The first-order valence-corrected chi connectivity index (χ1v) is 13.1. The van der Waals surface area contributed by atoms with Crippen LogP contribution in [-0.2, 0) is 4.74 Å². The number of halogens is 2. The van der Waals surface area contributed by atoms with Gasteiger partial charge in [0.25, 0.3) is 0 Å². The number of hydrogen-bond acceptors (Lipinski definition) is 11. The van der Waals surface area contributed by atoms with Crippen molar-refractivity contribution in [1.82, 2.24) is 19.9 Å². The fourth-order valence-electron chi connectivity index (χ4n) is 4.21. The van der Waals surface area contributed by atoms with Gasteiger partial charge >= 0.3 is 0 Å². The first-order valence-electron chi connectivity index (χ1n) is 12.3. The van der Waals surface area contributed by atoms with Gasteiger partial charge in [0.15, 0.2) is 5.82 Å². The summed E-state index contributed by atoms with van der Waals surface area (Å²) in [6.45, 7) is 3.05. The van der Waals surface area contributed by atoms with Gasteiger partial charge in [0.2, 0.25) is 5.95 Å². The topological polar surface area (TPSA) is 116 Å². The molecule has 3 heterocycles. The van der Waals surface area contributed by atoms with Gasteiger partial charge in [-0.1, -0.05) is 23.2 Å². The molecule has 13 heteroatoms. The van der Waals surface area contributed by atoms with Gasteiger partial charge in [-0.05, 0) is 24.3 Å². The van der Waals surface area contributed by atoms with Crippen LogP contribution in [-0.4, -0.2) is 67.6 Å². The number of pyridine rings is 1. The second-order valence-corrected chi connectivity index (χ2v) is 9.31. The van der Waals surface area contributed by atoms with E-state index in [1.165, 1.54) is 20.5 Å². The summed E-state index contributed by atoms with van der Waals surface area (Å²) in [5, 5.41) is 6.97. The SMILES string of the molecule is COc1cc(N2CCOCC2)ccc1Nc1ncnc(-c2cccnc2Nc2c(Cl)c(OC)cc(OC)c2Cl)n1. The van der Waals surface area contributed by atoms with Crippen molar-refractivity contribution in [2.45, 2.75) is 0 Å². The summed E-state index contributed by atoms with van der Waals surface area (Å²) in [5.41, 5.74) is 2.73. The van der Waals surface area contributed by atoms with Crippen molar-refractivity contribution in [3.63, 3.8) is 0 Å². The van der Waals surface area contributed by atoms with Crippen molar-refractivity contribution >= 4 is 52.0 Å². The Balaban J connectivity index is 1.44. The molecule has 1 fully saturated rings. The van der Waals surface area contributed by atoms with E-state index in [2.05, 4.69) is 35.5 Å². The van der Waals surface area contributed by atoms with Crippen LogP contribution in [0.1, 0.15) is 0 Å². The van der Waals surface area contributed by atoms with Gasteiger partial charge in [-0.15, -0.1) is 0 Å². The van der Waals surface area contributed by atoms with Gasteiger partial charge in [-0.2, -0.15) is 4.98 Å². The maximum absolute atomic E-state index is 6.57. The van der Waals surface area contributed by atoms with Gasteiger partial charge in [-0.25, -0.2) is 15.0 Å². The molecule has 2 N–H and O–H groups in total. The molecule has 4 aromatic rings. The van der Waals surface area contributed by atoms with E-state index in [-0.39, 0.29) is 10.0 Å². The van der Waals surface area contributed by atoms with E-state index in [0.29, 0.717) is 65.0 Å². The molecule has 1 aliphatic rings. The molecule has 208 valence electrons. The number of hydrogen-bond donors (Lipinski definition) is 2. The molecular weight excluding hydrogens is 557 g/mol. The average Bonchev–Trinajstić information content (AvgIpc) is 3.00. The quantitative estimate of drug-likeness (QED) is 0.257. The van der Waals surface area contributed by atoms with Crippen LogP contribution in [0.15, 0.2) is 48.9 Å². The predicted molar refractivity (Wildman–Crippen MR) is 155 cm³/mol. The highest BCUT2D eigenvalue weighted by Gasteiger charge is 2.20. The molecule has 2 aromatic carbocycles.